The van der Waals surface area contributed by atoms with Gasteiger partial charge in [-0.3, -0.25) is 0 Å². The first-order chi connectivity index (χ1) is 11.7. The van der Waals surface area contributed by atoms with E-state index in [0.717, 1.165) is 18.0 Å². The van der Waals surface area contributed by atoms with E-state index in [1.807, 2.05) is 30.3 Å². The predicted molar refractivity (Wildman–Crippen MR) is 102 cm³/mol. The number of thiocarbonyl (C=S) groups is 1. The molecule has 0 amide bonds. The lowest BCUT2D eigenvalue weighted by atomic mass is 10.1. The van der Waals surface area contributed by atoms with Gasteiger partial charge in [-0.1, -0.05) is 17.7 Å². The summed E-state index contributed by atoms with van der Waals surface area (Å²) >= 11 is 11.4. The highest BCUT2D eigenvalue weighted by molar-refractivity contribution is 7.80. The molecule has 6 heteroatoms. The molecule has 1 aromatic heterocycles. The molecule has 128 valence electrons. The average Bonchev–Trinajstić information content (AvgIpc) is 3.10. The Morgan fingerprint density at radius 2 is 2.04 bits per heavy atom. The zero-order valence-electron chi connectivity index (χ0n) is 13.6. The third-order valence-corrected chi connectivity index (χ3v) is 4.91. The molecule has 0 bridgehead atoms. The minimum atomic E-state index is 0.277. The van der Waals surface area contributed by atoms with Crippen LogP contribution in [-0.2, 0) is 0 Å². The first-order valence-corrected chi connectivity index (χ1v) is 9.19. The number of anilines is 1. The normalized spacial score (nSPS) is 16.5. The molecule has 24 heavy (non-hydrogen) atoms. The van der Waals surface area contributed by atoms with Crippen molar-refractivity contribution in [3.63, 3.8) is 0 Å². The molecule has 4 nitrogen and oxygen atoms in total. The summed E-state index contributed by atoms with van der Waals surface area (Å²) in [4.78, 5) is 1.56. The van der Waals surface area contributed by atoms with Gasteiger partial charge in [-0.25, -0.2) is 0 Å². The van der Waals surface area contributed by atoms with Gasteiger partial charge in [0.1, 0.15) is 0 Å². The van der Waals surface area contributed by atoms with Gasteiger partial charge in [0.05, 0.1) is 25.9 Å². The van der Waals surface area contributed by atoms with Crippen molar-refractivity contribution in [3.05, 3.63) is 53.4 Å². The van der Waals surface area contributed by atoms with E-state index in [1.54, 1.807) is 11.2 Å². The van der Waals surface area contributed by atoms with Crippen LogP contribution in [0.25, 0.3) is 0 Å². The standard InChI is InChI=1S/C18H22ClN3OS/c19-14-6-4-7-15(12-14)21-18(24)20-13-16(17-8-5-11-23-17)22-9-2-1-3-10-22/h4-8,11-12,16H,1-3,9-10,13H2,(H2,20,21,24)/p+1/t16-/m0/s1. The summed E-state index contributed by atoms with van der Waals surface area (Å²) in [6.07, 6.45) is 5.63. The van der Waals surface area contributed by atoms with E-state index in [2.05, 4.69) is 16.7 Å². The molecular weight excluding hydrogens is 342 g/mol. The van der Waals surface area contributed by atoms with E-state index in [1.165, 1.54) is 32.4 Å². The van der Waals surface area contributed by atoms with Crippen LogP contribution in [-0.4, -0.2) is 24.7 Å². The topological polar surface area (TPSA) is 41.6 Å². The summed E-state index contributed by atoms with van der Waals surface area (Å²) in [7, 11) is 0. The smallest absolute Gasteiger partial charge is 0.171 e. The quantitative estimate of drug-likeness (QED) is 0.713. The van der Waals surface area contributed by atoms with Gasteiger partial charge in [-0.05, 0) is 61.8 Å². The van der Waals surface area contributed by atoms with Crippen LogP contribution in [0.4, 0.5) is 5.69 Å². The highest BCUT2D eigenvalue weighted by atomic mass is 35.5. The average molecular weight is 365 g/mol. The van der Waals surface area contributed by atoms with Crippen molar-refractivity contribution < 1.29 is 9.32 Å². The lowest BCUT2D eigenvalue weighted by Gasteiger charge is -2.30. The fourth-order valence-corrected chi connectivity index (χ4v) is 3.62. The summed E-state index contributed by atoms with van der Waals surface area (Å²) in [5.41, 5.74) is 0.889. The van der Waals surface area contributed by atoms with Crippen LogP contribution in [0.5, 0.6) is 0 Å². The Bertz CT molecular complexity index is 656. The number of piperidine rings is 1. The van der Waals surface area contributed by atoms with Gasteiger partial charge < -0.3 is 20.0 Å². The maximum atomic E-state index is 6.01. The second-order valence-corrected chi connectivity index (χ2v) is 6.98. The first-order valence-electron chi connectivity index (χ1n) is 8.41. The second-order valence-electron chi connectivity index (χ2n) is 6.13. The zero-order chi connectivity index (χ0) is 16.8. The molecule has 3 rings (SSSR count). The number of hydrogen-bond donors (Lipinski definition) is 3. The molecule has 1 fully saturated rings. The fraction of sp³-hybridized carbons (Fsp3) is 0.389. The zero-order valence-corrected chi connectivity index (χ0v) is 15.1. The predicted octanol–water partition coefficient (Wildman–Crippen LogP) is 3.03. The molecule has 2 aromatic rings. The van der Waals surface area contributed by atoms with Gasteiger partial charge in [-0.2, -0.15) is 0 Å². The highest BCUT2D eigenvalue weighted by Crippen LogP contribution is 2.15. The maximum Gasteiger partial charge on any atom is 0.171 e. The van der Waals surface area contributed by atoms with Crippen molar-refractivity contribution >= 4 is 34.6 Å². The summed E-state index contributed by atoms with van der Waals surface area (Å²) in [6, 6.07) is 11.8. The number of furan rings is 1. The fourth-order valence-electron chi connectivity index (χ4n) is 3.23. The molecule has 1 aliphatic heterocycles. The Morgan fingerprint density at radius 1 is 1.21 bits per heavy atom. The third kappa shape index (κ3) is 4.72. The van der Waals surface area contributed by atoms with Gasteiger partial charge in [0, 0.05) is 10.7 Å². The molecular formula is C18H23ClN3OS+. The molecule has 1 aliphatic rings. The van der Waals surface area contributed by atoms with E-state index >= 15 is 0 Å². The van der Waals surface area contributed by atoms with Crippen molar-refractivity contribution in [1.82, 2.24) is 5.32 Å². The summed E-state index contributed by atoms with van der Waals surface area (Å²) in [5, 5.41) is 7.81. The molecule has 1 saturated heterocycles. The van der Waals surface area contributed by atoms with Crippen LogP contribution < -0.4 is 15.5 Å². The van der Waals surface area contributed by atoms with Crippen molar-refractivity contribution in [2.75, 3.05) is 25.0 Å². The third-order valence-electron chi connectivity index (χ3n) is 4.42. The number of hydrogen-bond acceptors (Lipinski definition) is 2. The van der Waals surface area contributed by atoms with Gasteiger partial charge in [0.15, 0.2) is 16.9 Å². The lowest BCUT2D eigenvalue weighted by Crippen LogP contribution is -3.13. The van der Waals surface area contributed by atoms with Crippen molar-refractivity contribution in [2.24, 2.45) is 0 Å². The second kappa shape index (κ2) is 8.51. The van der Waals surface area contributed by atoms with Crippen molar-refractivity contribution in [1.29, 1.82) is 0 Å². The SMILES string of the molecule is S=C(NC[C@@H](c1ccco1)[NH+]1CCCCC1)Nc1cccc(Cl)c1. The molecule has 1 aromatic carbocycles. The number of quaternary nitrogens is 1. The van der Waals surface area contributed by atoms with Crippen molar-refractivity contribution in [2.45, 2.75) is 25.3 Å². The molecule has 0 unspecified atom stereocenters. The Balaban J connectivity index is 1.59. The maximum absolute atomic E-state index is 6.01. The number of nitrogens with one attached hydrogen (secondary N) is 3. The molecule has 0 radical (unpaired) electrons. The van der Waals surface area contributed by atoms with Gasteiger partial charge >= 0.3 is 0 Å². The van der Waals surface area contributed by atoms with Gasteiger partial charge in [0.2, 0.25) is 0 Å². The number of halogens is 1. The Morgan fingerprint density at radius 3 is 2.75 bits per heavy atom. The number of likely N-dealkylation sites (tertiary alicyclic amines) is 1. The van der Waals surface area contributed by atoms with E-state index in [9.17, 15) is 0 Å². The van der Waals surface area contributed by atoms with Crippen LogP contribution in [0, 0.1) is 0 Å². The van der Waals surface area contributed by atoms with Crippen molar-refractivity contribution in [3.8, 4) is 0 Å². The molecule has 0 aliphatic carbocycles. The molecule has 1 atom stereocenters. The largest absolute Gasteiger partial charge is 0.463 e. The summed E-state index contributed by atoms with van der Waals surface area (Å²) < 4.78 is 5.67. The molecule has 2 heterocycles. The minimum Gasteiger partial charge on any atom is -0.463 e. The van der Waals surface area contributed by atoms with Gasteiger partial charge in [0.25, 0.3) is 0 Å². The summed E-state index contributed by atoms with van der Waals surface area (Å²) in [5.74, 6) is 1.02. The van der Waals surface area contributed by atoms with Crippen LogP contribution in [0.1, 0.15) is 31.1 Å². The highest BCUT2D eigenvalue weighted by Gasteiger charge is 2.28. The van der Waals surface area contributed by atoms with E-state index in [-0.39, 0.29) is 6.04 Å². The summed E-state index contributed by atoms with van der Waals surface area (Å²) in [6.45, 7) is 3.11. The lowest BCUT2D eigenvalue weighted by molar-refractivity contribution is -0.936. The molecule has 0 saturated carbocycles. The Labute approximate surface area is 153 Å². The van der Waals surface area contributed by atoms with Crippen LogP contribution in [0.15, 0.2) is 47.1 Å². The van der Waals surface area contributed by atoms with Crippen LogP contribution >= 0.6 is 23.8 Å². The Kier molecular flexibility index (Phi) is 6.12. The minimum absolute atomic E-state index is 0.277. The number of rotatable bonds is 5. The Hall–Kier alpha value is -1.56. The van der Waals surface area contributed by atoms with Gasteiger partial charge in [-0.15, -0.1) is 0 Å². The molecule has 0 spiro atoms. The van der Waals surface area contributed by atoms with E-state index in [0.29, 0.717) is 10.1 Å². The van der Waals surface area contributed by atoms with E-state index in [4.69, 9.17) is 28.2 Å². The van der Waals surface area contributed by atoms with E-state index < -0.39 is 0 Å². The monoisotopic (exact) mass is 364 g/mol. The van der Waals surface area contributed by atoms with Crippen LogP contribution in [0.2, 0.25) is 5.02 Å². The molecule has 3 N–H and O–H groups in total. The van der Waals surface area contributed by atoms with Crippen LogP contribution in [0.3, 0.4) is 0 Å². The number of benzene rings is 1. The first kappa shape index (κ1) is 17.3.